The Morgan fingerprint density at radius 2 is 1.87 bits per heavy atom. The summed E-state index contributed by atoms with van der Waals surface area (Å²) in [6.45, 7) is 5.17. The minimum Gasteiger partial charge on any atom is -0.464 e. The first kappa shape index (κ1) is 13.8. The molecule has 0 aromatic rings. The molecule has 0 fully saturated rings. The number of ether oxygens (including phenoxy) is 2. The zero-order valence-corrected chi connectivity index (χ0v) is 9.49. The van der Waals surface area contributed by atoms with Crippen molar-refractivity contribution in [3.8, 4) is 0 Å². The van der Waals surface area contributed by atoms with Crippen LogP contribution in [0.1, 0.15) is 20.8 Å². The standard InChI is InChI=1S/C10H17NO4/c1-5-15-10(13)9(14-4)7(11)8(12)6(2)3/h6,9,11H,5H2,1-4H3. The number of methoxy groups -OCH3 is 1. The summed E-state index contributed by atoms with van der Waals surface area (Å²) in [5.41, 5.74) is -0.356. The number of esters is 1. The molecule has 0 aliphatic heterocycles. The highest BCUT2D eigenvalue weighted by Crippen LogP contribution is 2.04. The second kappa shape index (κ2) is 6.29. The van der Waals surface area contributed by atoms with Crippen molar-refractivity contribution in [3.05, 3.63) is 0 Å². The van der Waals surface area contributed by atoms with Gasteiger partial charge in [0, 0.05) is 13.0 Å². The average molecular weight is 215 g/mol. The van der Waals surface area contributed by atoms with E-state index in [0.29, 0.717) is 0 Å². The van der Waals surface area contributed by atoms with Crippen LogP contribution in [0.5, 0.6) is 0 Å². The van der Waals surface area contributed by atoms with Crippen LogP contribution in [-0.4, -0.2) is 37.3 Å². The molecule has 0 saturated heterocycles. The number of carbonyl (C=O) groups is 2. The van der Waals surface area contributed by atoms with Gasteiger partial charge in [-0.25, -0.2) is 4.79 Å². The first-order chi connectivity index (χ1) is 6.95. The highest BCUT2D eigenvalue weighted by Gasteiger charge is 2.30. The van der Waals surface area contributed by atoms with Crippen molar-refractivity contribution in [3.63, 3.8) is 0 Å². The number of nitrogens with one attached hydrogen (secondary N) is 1. The van der Waals surface area contributed by atoms with Gasteiger partial charge in [0.05, 0.1) is 6.61 Å². The fraction of sp³-hybridized carbons (Fsp3) is 0.700. The van der Waals surface area contributed by atoms with E-state index >= 15 is 0 Å². The lowest BCUT2D eigenvalue weighted by Crippen LogP contribution is -2.39. The van der Waals surface area contributed by atoms with E-state index in [1.807, 2.05) is 0 Å². The molecule has 0 saturated carbocycles. The molecule has 5 heteroatoms. The third-order valence-corrected chi connectivity index (χ3v) is 1.79. The van der Waals surface area contributed by atoms with Crippen molar-refractivity contribution in [2.75, 3.05) is 13.7 Å². The molecule has 0 aliphatic rings. The lowest BCUT2D eigenvalue weighted by atomic mass is 10.0. The van der Waals surface area contributed by atoms with Gasteiger partial charge in [0.25, 0.3) is 0 Å². The topological polar surface area (TPSA) is 76.5 Å². The Kier molecular flexibility index (Phi) is 5.77. The molecule has 0 amide bonds. The number of hydrogen-bond donors (Lipinski definition) is 1. The maximum atomic E-state index is 11.4. The molecular weight excluding hydrogens is 198 g/mol. The molecule has 0 radical (unpaired) electrons. The molecule has 15 heavy (non-hydrogen) atoms. The first-order valence-electron chi connectivity index (χ1n) is 4.77. The van der Waals surface area contributed by atoms with E-state index in [-0.39, 0.29) is 18.2 Å². The Balaban J connectivity index is 4.61. The lowest BCUT2D eigenvalue weighted by molar-refractivity contribution is -0.151. The summed E-state index contributed by atoms with van der Waals surface area (Å²) in [6, 6.07) is 0. The van der Waals surface area contributed by atoms with E-state index < -0.39 is 17.9 Å². The molecule has 86 valence electrons. The molecule has 1 N–H and O–H groups in total. The predicted octanol–water partition coefficient (Wildman–Crippen LogP) is 0.809. The smallest absolute Gasteiger partial charge is 0.341 e. The van der Waals surface area contributed by atoms with Gasteiger partial charge in [-0.15, -0.1) is 0 Å². The second-order valence-corrected chi connectivity index (χ2v) is 3.30. The van der Waals surface area contributed by atoms with Gasteiger partial charge in [0.1, 0.15) is 5.71 Å². The van der Waals surface area contributed by atoms with Gasteiger partial charge in [-0.1, -0.05) is 13.8 Å². The minimum absolute atomic E-state index is 0.196. The van der Waals surface area contributed by atoms with Crippen molar-refractivity contribution < 1.29 is 19.1 Å². The zero-order valence-electron chi connectivity index (χ0n) is 9.49. The molecule has 0 spiro atoms. The van der Waals surface area contributed by atoms with Crippen LogP contribution in [0.4, 0.5) is 0 Å². The van der Waals surface area contributed by atoms with Gasteiger partial charge in [0.15, 0.2) is 11.9 Å². The van der Waals surface area contributed by atoms with Crippen molar-refractivity contribution in [1.29, 1.82) is 5.41 Å². The van der Waals surface area contributed by atoms with Crippen LogP contribution in [0.25, 0.3) is 0 Å². The maximum Gasteiger partial charge on any atom is 0.341 e. The maximum absolute atomic E-state index is 11.4. The highest BCUT2D eigenvalue weighted by molar-refractivity contribution is 6.44. The third-order valence-electron chi connectivity index (χ3n) is 1.79. The summed E-state index contributed by atoms with van der Waals surface area (Å²) >= 11 is 0. The molecule has 1 unspecified atom stereocenters. The second-order valence-electron chi connectivity index (χ2n) is 3.30. The molecule has 0 aliphatic carbocycles. The van der Waals surface area contributed by atoms with Gasteiger partial charge in [-0.2, -0.15) is 0 Å². The van der Waals surface area contributed by atoms with Gasteiger partial charge in [-0.05, 0) is 6.92 Å². The van der Waals surface area contributed by atoms with Crippen LogP contribution < -0.4 is 0 Å². The minimum atomic E-state index is -1.21. The number of rotatable bonds is 6. The van der Waals surface area contributed by atoms with Gasteiger partial charge in [0.2, 0.25) is 0 Å². The number of ketones is 1. The third kappa shape index (κ3) is 3.79. The Labute approximate surface area is 89.3 Å². The molecule has 0 heterocycles. The molecule has 0 aromatic heterocycles. The molecule has 0 bridgehead atoms. The zero-order chi connectivity index (χ0) is 12.0. The summed E-state index contributed by atoms with van der Waals surface area (Å²) in [5, 5.41) is 7.52. The fourth-order valence-electron chi connectivity index (χ4n) is 0.990. The van der Waals surface area contributed by atoms with E-state index in [4.69, 9.17) is 10.1 Å². The SMILES string of the molecule is CCOC(=O)C(OC)C(=N)C(=O)C(C)C. The molecular formula is C10H17NO4. The fourth-order valence-corrected chi connectivity index (χ4v) is 0.990. The van der Waals surface area contributed by atoms with Crippen molar-refractivity contribution in [2.45, 2.75) is 26.9 Å². The lowest BCUT2D eigenvalue weighted by Gasteiger charge is -2.15. The normalized spacial score (nSPS) is 12.3. The van der Waals surface area contributed by atoms with E-state index in [9.17, 15) is 9.59 Å². The van der Waals surface area contributed by atoms with Gasteiger partial charge in [-0.3, -0.25) is 10.2 Å². The van der Waals surface area contributed by atoms with Crippen LogP contribution in [-0.2, 0) is 19.1 Å². The Morgan fingerprint density at radius 1 is 1.33 bits per heavy atom. The Bertz CT molecular complexity index is 260. The summed E-state index contributed by atoms with van der Waals surface area (Å²) in [6.07, 6.45) is -1.21. The summed E-state index contributed by atoms with van der Waals surface area (Å²) < 4.78 is 9.47. The number of hydrogen-bond acceptors (Lipinski definition) is 5. The van der Waals surface area contributed by atoms with Crippen LogP contribution in [0.3, 0.4) is 0 Å². The number of carbonyl (C=O) groups excluding carboxylic acids is 2. The first-order valence-corrected chi connectivity index (χ1v) is 4.77. The Hall–Kier alpha value is -1.23. The monoisotopic (exact) mass is 215 g/mol. The Morgan fingerprint density at radius 3 is 2.20 bits per heavy atom. The van der Waals surface area contributed by atoms with Crippen LogP contribution in [0.2, 0.25) is 0 Å². The van der Waals surface area contributed by atoms with E-state index in [2.05, 4.69) is 4.74 Å². The van der Waals surface area contributed by atoms with E-state index in [1.54, 1.807) is 20.8 Å². The molecule has 1 atom stereocenters. The predicted molar refractivity (Wildman–Crippen MR) is 55.0 cm³/mol. The average Bonchev–Trinajstić information content (AvgIpc) is 2.17. The quantitative estimate of drug-likeness (QED) is 0.525. The summed E-state index contributed by atoms with van der Waals surface area (Å²) in [7, 11) is 1.27. The largest absolute Gasteiger partial charge is 0.464 e. The highest BCUT2D eigenvalue weighted by atomic mass is 16.6. The van der Waals surface area contributed by atoms with E-state index in [1.165, 1.54) is 7.11 Å². The van der Waals surface area contributed by atoms with Gasteiger partial charge < -0.3 is 9.47 Å². The van der Waals surface area contributed by atoms with Crippen molar-refractivity contribution in [1.82, 2.24) is 0 Å². The van der Waals surface area contributed by atoms with E-state index in [0.717, 1.165) is 0 Å². The van der Waals surface area contributed by atoms with Crippen molar-refractivity contribution in [2.24, 2.45) is 5.92 Å². The van der Waals surface area contributed by atoms with Crippen LogP contribution >= 0.6 is 0 Å². The van der Waals surface area contributed by atoms with Gasteiger partial charge >= 0.3 is 5.97 Å². The molecule has 5 nitrogen and oxygen atoms in total. The molecule has 0 rings (SSSR count). The van der Waals surface area contributed by atoms with Crippen LogP contribution in [0.15, 0.2) is 0 Å². The molecule has 0 aromatic carbocycles. The summed E-state index contributed by atoms with van der Waals surface area (Å²) in [5.74, 6) is -1.43. The number of Topliss-reactive ketones (excluding diaryl/α,β-unsaturated/α-hetero) is 1. The summed E-state index contributed by atoms with van der Waals surface area (Å²) in [4.78, 5) is 22.7. The van der Waals surface area contributed by atoms with Crippen LogP contribution in [0, 0.1) is 11.3 Å². The van der Waals surface area contributed by atoms with Crippen molar-refractivity contribution >= 4 is 17.5 Å².